The number of nitrogens with zero attached hydrogens (tertiary/aromatic N) is 1. The van der Waals surface area contributed by atoms with E-state index in [9.17, 15) is 13.2 Å². The summed E-state index contributed by atoms with van der Waals surface area (Å²) < 4.78 is 33.2. The van der Waals surface area contributed by atoms with Crippen molar-refractivity contribution >= 4 is 16.1 Å². The van der Waals surface area contributed by atoms with Gasteiger partial charge in [0, 0.05) is 0 Å². The van der Waals surface area contributed by atoms with Crippen molar-refractivity contribution in [2.24, 2.45) is 0 Å². The number of ether oxygens (including phenoxy) is 1. The first-order valence-electron chi connectivity index (χ1n) is 9.06. The van der Waals surface area contributed by atoms with Crippen LogP contribution in [0.3, 0.4) is 0 Å². The van der Waals surface area contributed by atoms with Crippen LogP contribution in [0, 0.1) is 6.92 Å². The van der Waals surface area contributed by atoms with Gasteiger partial charge in [-0.2, -0.15) is 4.31 Å². The summed E-state index contributed by atoms with van der Waals surface area (Å²) in [7, 11) is -4.15. The SMILES string of the molecule is C=CCC(c1ccccc1)N(C(=O)OC(C)(C)C)S(=O)(=O)c1ccc(C)cc1. The van der Waals surface area contributed by atoms with E-state index in [-0.39, 0.29) is 11.3 Å². The van der Waals surface area contributed by atoms with Crippen molar-refractivity contribution in [3.8, 4) is 0 Å². The number of sulfonamides is 1. The molecule has 0 radical (unpaired) electrons. The van der Waals surface area contributed by atoms with Crippen LogP contribution < -0.4 is 0 Å². The van der Waals surface area contributed by atoms with Gasteiger partial charge in [-0.1, -0.05) is 54.1 Å². The predicted octanol–water partition coefficient (Wildman–Crippen LogP) is 5.24. The summed E-state index contributed by atoms with van der Waals surface area (Å²) >= 11 is 0. The number of carbonyl (C=O) groups excluding carboxylic acids is 1. The van der Waals surface area contributed by atoms with Crippen molar-refractivity contribution < 1.29 is 17.9 Å². The van der Waals surface area contributed by atoms with Gasteiger partial charge < -0.3 is 4.74 Å². The first-order chi connectivity index (χ1) is 13.1. The molecular weight excluding hydrogens is 374 g/mol. The van der Waals surface area contributed by atoms with E-state index < -0.39 is 27.8 Å². The lowest BCUT2D eigenvalue weighted by Crippen LogP contribution is -2.43. The van der Waals surface area contributed by atoms with Gasteiger partial charge in [0.15, 0.2) is 0 Å². The van der Waals surface area contributed by atoms with Gasteiger partial charge in [-0.25, -0.2) is 13.2 Å². The van der Waals surface area contributed by atoms with Crippen LogP contribution in [0.2, 0.25) is 0 Å². The zero-order valence-corrected chi connectivity index (χ0v) is 17.6. The molecule has 0 N–H and O–H groups in total. The zero-order chi connectivity index (χ0) is 20.9. The van der Waals surface area contributed by atoms with Crippen molar-refractivity contribution in [3.05, 3.63) is 78.4 Å². The molecule has 0 bridgehead atoms. The number of carbonyl (C=O) groups is 1. The predicted molar refractivity (Wildman–Crippen MR) is 110 cm³/mol. The Bertz CT molecular complexity index is 913. The van der Waals surface area contributed by atoms with E-state index in [0.717, 1.165) is 9.87 Å². The number of hydrogen-bond acceptors (Lipinski definition) is 4. The molecule has 6 heteroatoms. The first-order valence-corrected chi connectivity index (χ1v) is 10.5. The van der Waals surface area contributed by atoms with Crippen LogP contribution >= 0.6 is 0 Å². The van der Waals surface area contributed by atoms with Gasteiger partial charge >= 0.3 is 6.09 Å². The zero-order valence-electron chi connectivity index (χ0n) is 16.8. The summed E-state index contributed by atoms with van der Waals surface area (Å²) in [5.41, 5.74) is 0.769. The Hall–Kier alpha value is -2.60. The maximum Gasteiger partial charge on any atom is 0.424 e. The van der Waals surface area contributed by atoms with E-state index >= 15 is 0 Å². The summed E-state index contributed by atoms with van der Waals surface area (Å²) in [6, 6.07) is 14.6. The van der Waals surface area contributed by atoms with E-state index in [1.165, 1.54) is 12.1 Å². The molecule has 28 heavy (non-hydrogen) atoms. The molecule has 0 aliphatic heterocycles. The Kier molecular flexibility index (Phi) is 6.67. The molecule has 1 unspecified atom stereocenters. The van der Waals surface area contributed by atoms with E-state index in [0.29, 0.717) is 5.56 Å². The highest BCUT2D eigenvalue weighted by Crippen LogP contribution is 2.32. The fraction of sp³-hybridized carbons (Fsp3) is 0.318. The molecule has 0 saturated heterocycles. The Morgan fingerprint density at radius 3 is 2.18 bits per heavy atom. The quantitative estimate of drug-likeness (QED) is 0.621. The second-order valence-corrected chi connectivity index (χ2v) is 9.36. The topological polar surface area (TPSA) is 63.7 Å². The highest BCUT2D eigenvalue weighted by atomic mass is 32.2. The van der Waals surface area contributed by atoms with Gasteiger partial charge in [-0.3, -0.25) is 0 Å². The monoisotopic (exact) mass is 401 g/mol. The van der Waals surface area contributed by atoms with Crippen molar-refractivity contribution in [3.63, 3.8) is 0 Å². The maximum absolute atomic E-state index is 13.5. The number of amides is 1. The lowest BCUT2D eigenvalue weighted by atomic mass is 10.0. The van der Waals surface area contributed by atoms with Crippen molar-refractivity contribution in [2.45, 2.75) is 50.7 Å². The molecule has 2 aromatic carbocycles. The minimum absolute atomic E-state index is 0.0361. The molecular formula is C22H27NO4S. The Morgan fingerprint density at radius 1 is 1.11 bits per heavy atom. The third-order valence-corrected chi connectivity index (χ3v) is 5.80. The minimum Gasteiger partial charge on any atom is -0.443 e. The van der Waals surface area contributed by atoms with Gasteiger partial charge in [0.1, 0.15) is 5.60 Å². The first kappa shape index (κ1) is 21.7. The lowest BCUT2D eigenvalue weighted by Gasteiger charge is -2.32. The lowest BCUT2D eigenvalue weighted by molar-refractivity contribution is 0.0337. The summed E-state index contributed by atoms with van der Waals surface area (Å²) in [4.78, 5) is 13.1. The van der Waals surface area contributed by atoms with Gasteiger partial charge in [-0.05, 0) is 51.8 Å². The van der Waals surface area contributed by atoms with Crippen LogP contribution in [0.25, 0.3) is 0 Å². The standard InChI is InChI=1S/C22H27NO4S/c1-6-10-20(18-11-8-7-9-12-18)23(21(24)27-22(3,4)5)28(25,26)19-15-13-17(2)14-16-19/h6-9,11-16,20H,1,10H2,2-5H3. The number of rotatable bonds is 6. The molecule has 150 valence electrons. The average Bonchev–Trinajstić information content (AvgIpc) is 2.60. The molecule has 5 nitrogen and oxygen atoms in total. The maximum atomic E-state index is 13.5. The fourth-order valence-corrected chi connectivity index (χ4v) is 4.21. The number of benzene rings is 2. The molecule has 0 heterocycles. The third-order valence-electron chi connectivity index (χ3n) is 4.01. The smallest absolute Gasteiger partial charge is 0.424 e. The van der Waals surface area contributed by atoms with E-state index in [1.807, 2.05) is 13.0 Å². The molecule has 0 fully saturated rings. The fourth-order valence-electron chi connectivity index (χ4n) is 2.72. The van der Waals surface area contributed by atoms with Gasteiger partial charge in [0.25, 0.3) is 10.0 Å². The van der Waals surface area contributed by atoms with Crippen molar-refractivity contribution in [1.82, 2.24) is 4.31 Å². The number of aryl methyl sites for hydroxylation is 1. The molecule has 1 amide bonds. The van der Waals surface area contributed by atoms with E-state index in [1.54, 1.807) is 63.2 Å². The van der Waals surface area contributed by atoms with Gasteiger partial charge in [-0.15, -0.1) is 6.58 Å². The van der Waals surface area contributed by atoms with Crippen molar-refractivity contribution in [2.75, 3.05) is 0 Å². The van der Waals surface area contributed by atoms with Crippen LogP contribution in [-0.4, -0.2) is 24.4 Å². The van der Waals surface area contributed by atoms with E-state index in [2.05, 4.69) is 6.58 Å². The third kappa shape index (κ3) is 5.23. The highest BCUT2D eigenvalue weighted by molar-refractivity contribution is 7.89. The Morgan fingerprint density at radius 2 is 1.68 bits per heavy atom. The molecule has 0 aliphatic carbocycles. The summed E-state index contributed by atoms with van der Waals surface area (Å²) in [5.74, 6) is 0. The van der Waals surface area contributed by atoms with Gasteiger partial charge in [0.05, 0.1) is 10.9 Å². The van der Waals surface area contributed by atoms with Crippen LogP contribution in [0.4, 0.5) is 4.79 Å². The Labute approximate surface area is 167 Å². The number of hydrogen-bond donors (Lipinski definition) is 0. The Balaban J connectivity index is 2.62. The molecule has 0 aliphatic rings. The van der Waals surface area contributed by atoms with Crippen LogP contribution in [0.5, 0.6) is 0 Å². The minimum atomic E-state index is -4.15. The molecule has 0 aromatic heterocycles. The second kappa shape index (κ2) is 8.61. The second-order valence-electron chi connectivity index (χ2n) is 7.55. The summed E-state index contributed by atoms with van der Waals surface area (Å²) in [5, 5.41) is 0. The largest absolute Gasteiger partial charge is 0.443 e. The van der Waals surface area contributed by atoms with E-state index in [4.69, 9.17) is 4.74 Å². The normalized spacial score (nSPS) is 12.9. The van der Waals surface area contributed by atoms with Crippen LogP contribution in [-0.2, 0) is 14.8 Å². The molecule has 0 saturated carbocycles. The molecule has 1 atom stereocenters. The molecule has 2 aromatic rings. The molecule has 2 rings (SSSR count). The highest BCUT2D eigenvalue weighted by Gasteiger charge is 2.39. The van der Waals surface area contributed by atoms with Crippen LogP contribution in [0.15, 0.2) is 72.1 Å². The summed E-state index contributed by atoms with van der Waals surface area (Å²) in [6.07, 6.45) is 0.942. The average molecular weight is 402 g/mol. The van der Waals surface area contributed by atoms with Crippen LogP contribution in [0.1, 0.15) is 44.4 Å². The van der Waals surface area contributed by atoms with Gasteiger partial charge in [0.2, 0.25) is 0 Å². The molecule has 0 spiro atoms. The van der Waals surface area contributed by atoms with Crippen molar-refractivity contribution in [1.29, 1.82) is 0 Å². The summed E-state index contributed by atoms with van der Waals surface area (Å²) in [6.45, 7) is 10.7.